The van der Waals surface area contributed by atoms with Gasteiger partial charge in [0.15, 0.2) is 0 Å². The number of methoxy groups -OCH3 is 1. The van der Waals surface area contributed by atoms with Crippen LogP contribution in [-0.2, 0) is 9.53 Å². The average Bonchev–Trinajstić information content (AvgIpc) is 3.29. The summed E-state index contributed by atoms with van der Waals surface area (Å²) < 4.78 is 11.5. The first-order valence-corrected chi connectivity index (χ1v) is 10.0. The first-order valence-electron chi connectivity index (χ1n) is 8.86. The lowest BCUT2D eigenvalue weighted by Gasteiger charge is -2.38. The zero-order valence-corrected chi connectivity index (χ0v) is 14.9. The molecule has 0 unspecified atom stereocenters. The van der Waals surface area contributed by atoms with E-state index in [0.717, 1.165) is 49.4 Å². The molecule has 1 aliphatic carbocycles. The van der Waals surface area contributed by atoms with Crippen molar-refractivity contribution < 1.29 is 14.3 Å². The predicted octanol–water partition coefficient (Wildman–Crippen LogP) is 2.97. The molecule has 0 bridgehead atoms. The molecule has 4 nitrogen and oxygen atoms in total. The Morgan fingerprint density at radius 2 is 2.29 bits per heavy atom. The van der Waals surface area contributed by atoms with Gasteiger partial charge in [-0.25, -0.2) is 0 Å². The Bertz CT molecular complexity index is 614. The number of thioether (sulfide) groups is 1. The quantitative estimate of drug-likeness (QED) is 0.910. The maximum atomic E-state index is 12.7. The lowest BCUT2D eigenvalue weighted by atomic mass is 9.89. The molecule has 0 radical (unpaired) electrons. The highest BCUT2D eigenvalue weighted by Crippen LogP contribution is 2.50. The minimum absolute atomic E-state index is 0.0203. The average molecular weight is 347 g/mol. The summed E-state index contributed by atoms with van der Waals surface area (Å²) in [6, 6.07) is 8.31. The molecule has 130 valence electrons. The summed E-state index contributed by atoms with van der Waals surface area (Å²) in [5.74, 6) is 3.76. The second-order valence-electron chi connectivity index (χ2n) is 7.22. The van der Waals surface area contributed by atoms with Crippen molar-refractivity contribution in [1.82, 2.24) is 5.32 Å². The van der Waals surface area contributed by atoms with E-state index in [1.807, 2.05) is 30.0 Å². The normalized spacial score (nSPS) is 35.0. The number of ether oxygens (including phenoxy) is 2. The number of para-hydroxylation sites is 1. The van der Waals surface area contributed by atoms with Crippen molar-refractivity contribution in [2.45, 2.75) is 43.2 Å². The lowest BCUT2D eigenvalue weighted by Crippen LogP contribution is -2.49. The molecule has 3 fully saturated rings. The van der Waals surface area contributed by atoms with E-state index < -0.39 is 0 Å². The number of rotatable bonds is 4. The molecule has 2 heterocycles. The van der Waals surface area contributed by atoms with Crippen LogP contribution >= 0.6 is 11.8 Å². The number of nitrogens with one attached hydrogen (secondary N) is 1. The molecule has 1 saturated carbocycles. The highest BCUT2D eigenvalue weighted by molar-refractivity contribution is 7.99. The molecule has 1 aromatic rings. The largest absolute Gasteiger partial charge is 0.496 e. The highest BCUT2D eigenvalue weighted by atomic mass is 32.2. The number of hydrogen-bond acceptors (Lipinski definition) is 4. The summed E-state index contributed by atoms with van der Waals surface area (Å²) >= 11 is 1.97. The number of hydrogen-bond donors (Lipinski definition) is 1. The fourth-order valence-corrected chi connectivity index (χ4v) is 5.50. The molecule has 1 N–H and O–H groups in total. The van der Waals surface area contributed by atoms with Gasteiger partial charge in [-0.15, -0.1) is 0 Å². The van der Waals surface area contributed by atoms with E-state index in [1.165, 1.54) is 5.75 Å². The highest BCUT2D eigenvalue weighted by Gasteiger charge is 2.47. The van der Waals surface area contributed by atoms with Crippen LogP contribution in [0.25, 0.3) is 0 Å². The summed E-state index contributed by atoms with van der Waals surface area (Å²) in [4.78, 5) is 12.7. The van der Waals surface area contributed by atoms with Crippen LogP contribution in [0.1, 0.15) is 37.2 Å². The van der Waals surface area contributed by atoms with Crippen molar-refractivity contribution in [1.29, 1.82) is 0 Å². The number of carbonyl (C=O) groups is 1. The van der Waals surface area contributed by atoms with Crippen LogP contribution in [0.4, 0.5) is 0 Å². The minimum atomic E-state index is 0.0203. The van der Waals surface area contributed by atoms with Gasteiger partial charge < -0.3 is 14.8 Å². The Labute approximate surface area is 147 Å². The Morgan fingerprint density at radius 1 is 1.42 bits per heavy atom. The molecule has 1 aromatic carbocycles. The molecule has 0 aromatic heterocycles. The zero-order chi connectivity index (χ0) is 16.6. The van der Waals surface area contributed by atoms with Gasteiger partial charge in [-0.05, 0) is 49.0 Å². The first-order chi connectivity index (χ1) is 11.7. The van der Waals surface area contributed by atoms with Crippen molar-refractivity contribution in [2.24, 2.45) is 5.92 Å². The maximum Gasteiger partial charge on any atom is 0.223 e. The van der Waals surface area contributed by atoms with Crippen molar-refractivity contribution >= 4 is 17.7 Å². The van der Waals surface area contributed by atoms with Crippen LogP contribution in [0.15, 0.2) is 24.3 Å². The van der Waals surface area contributed by atoms with Crippen LogP contribution in [0.2, 0.25) is 0 Å². The monoisotopic (exact) mass is 347 g/mol. The van der Waals surface area contributed by atoms with Crippen LogP contribution < -0.4 is 10.1 Å². The van der Waals surface area contributed by atoms with Crippen molar-refractivity contribution in [3.8, 4) is 5.75 Å². The van der Waals surface area contributed by atoms with Gasteiger partial charge in [0.25, 0.3) is 0 Å². The Balaban J connectivity index is 1.36. The maximum absolute atomic E-state index is 12.7. The first kappa shape index (κ1) is 16.3. The summed E-state index contributed by atoms with van der Waals surface area (Å²) in [5, 5.41) is 3.30. The van der Waals surface area contributed by atoms with Gasteiger partial charge in [0, 0.05) is 24.3 Å². The number of amides is 1. The third kappa shape index (κ3) is 3.16. The molecule has 3 aliphatic rings. The number of carbonyl (C=O) groups excluding carboxylic acids is 1. The summed E-state index contributed by atoms with van der Waals surface area (Å²) in [6.07, 6.45) is 3.95. The Kier molecular flexibility index (Phi) is 4.48. The Morgan fingerprint density at radius 3 is 3.08 bits per heavy atom. The van der Waals surface area contributed by atoms with Gasteiger partial charge in [-0.1, -0.05) is 18.2 Å². The van der Waals surface area contributed by atoms with Crippen LogP contribution in [-0.4, -0.2) is 42.8 Å². The second kappa shape index (κ2) is 6.60. The van der Waals surface area contributed by atoms with E-state index in [4.69, 9.17) is 9.47 Å². The van der Waals surface area contributed by atoms with Crippen LogP contribution in [0.5, 0.6) is 5.75 Å². The molecule has 2 saturated heterocycles. The SMILES string of the molecule is COc1ccccc1[C@@H]1C[C@H]1C(=O)N[C@H]1CCO[C@@]2(CCSC2)C1. The summed E-state index contributed by atoms with van der Waals surface area (Å²) in [6.45, 7) is 0.770. The molecule has 24 heavy (non-hydrogen) atoms. The van der Waals surface area contributed by atoms with Crippen LogP contribution in [0, 0.1) is 5.92 Å². The van der Waals surface area contributed by atoms with E-state index >= 15 is 0 Å². The van der Waals surface area contributed by atoms with Crippen molar-refractivity contribution in [3.05, 3.63) is 29.8 Å². The zero-order valence-electron chi connectivity index (χ0n) is 14.1. The van der Waals surface area contributed by atoms with E-state index in [2.05, 4.69) is 11.4 Å². The molecule has 4 atom stereocenters. The molecule has 5 heteroatoms. The lowest BCUT2D eigenvalue weighted by molar-refractivity contribution is -0.125. The fraction of sp³-hybridized carbons (Fsp3) is 0.632. The van der Waals surface area contributed by atoms with Gasteiger partial charge in [-0.3, -0.25) is 4.79 Å². The minimum Gasteiger partial charge on any atom is -0.496 e. The van der Waals surface area contributed by atoms with E-state index in [0.29, 0.717) is 5.92 Å². The van der Waals surface area contributed by atoms with Gasteiger partial charge in [0.1, 0.15) is 5.75 Å². The van der Waals surface area contributed by atoms with Crippen molar-refractivity contribution in [3.63, 3.8) is 0 Å². The smallest absolute Gasteiger partial charge is 0.223 e. The number of benzene rings is 1. The van der Waals surface area contributed by atoms with Crippen LogP contribution in [0.3, 0.4) is 0 Å². The van der Waals surface area contributed by atoms with E-state index in [9.17, 15) is 4.79 Å². The molecule has 1 spiro atoms. The summed E-state index contributed by atoms with van der Waals surface area (Å²) in [5.41, 5.74) is 1.18. The Hall–Kier alpha value is -1.20. The fourth-order valence-electron chi connectivity index (χ4n) is 4.12. The van der Waals surface area contributed by atoms with Gasteiger partial charge in [0.05, 0.1) is 12.7 Å². The van der Waals surface area contributed by atoms with E-state index in [1.54, 1.807) is 7.11 Å². The molecule has 2 aliphatic heterocycles. The third-order valence-corrected chi connectivity index (χ3v) is 6.80. The standard InChI is InChI=1S/C19H25NO3S/c1-22-17-5-3-2-4-14(17)15-10-16(15)18(21)20-13-6-8-23-19(11-13)7-9-24-12-19/h2-5,13,15-16H,6-12H2,1H3,(H,20,21)/t13-,15-,16+,19-/m0/s1. The van der Waals surface area contributed by atoms with Crippen molar-refractivity contribution in [2.75, 3.05) is 25.2 Å². The molecule has 1 amide bonds. The van der Waals surface area contributed by atoms with Gasteiger partial charge in [0.2, 0.25) is 5.91 Å². The third-order valence-electron chi connectivity index (χ3n) is 5.57. The summed E-state index contributed by atoms with van der Waals surface area (Å²) in [7, 11) is 1.69. The molecular formula is C19H25NO3S. The van der Waals surface area contributed by atoms with Gasteiger partial charge >= 0.3 is 0 Å². The van der Waals surface area contributed by atoms with E-state index in [-0.39, 0.29) is 23.5 Å². The predicted molar refractivity (Wildman–Crippen MR) is 95.6 cm³/mol. The van der Waals surface area contributed by atoms with Gasteiger partial charge in [-0.2, -0.15) is 11.8 Å². The molecular weight excluding hydrogens is 322 g/mol. The molecule has 4 rings (SSSR count). The topological polar surface area (TPSA) is 47.6 Å². The second-order valence-corrected chi connectivity index (χ2v) is 8.33.